The fourth-order valence-electron chi connectivity index (χ4n) is 2.08. The molecule has 2 nitrogen and oxygen atoms in total. The molecule has 1 unspecified atom stereocenters. The first-order valence-corrected chi connectivity index (χ1v) is 6.58. The number of carbonyl (C=O) groups is 1. The predicted octanol–water partition coefficient (Wildman–Crippen LogP) is 3.26. The molecule has 88 valence electrons. The molecule has 0 aromatic carbocycles. The number of nitrogens with one attached hydrogen (secondary N) is 1. The average molecular weight is 211 g/mol. The van der Waals surface area contributed by atoms with Gasteiger partial charge in [-0.1, -0.05) is 33.1 Å². The Balaban J connectivity index is 2.28. The lowest BCUT2D eigenvalue weighted by Crippen LogP contribution is -2.42. The first-order valence-electron chi connectivity index (χ1n) is 6.58. The van der Waals surface area contributed by atoms with E-state index in [4.69, 9.17) is 0 Å². The second-order valence-electron chi connectivity index (χ2n) is 4.76. The fourth-order valence-corrected chi connectivity index (χ4v) is 2.08. The highest BCUT2D eigenvalue weighted by Crippen LogP contribution is 2.21. The van der Waals surface area contributed by atoms with Crippen molar-refractivity contribution in [1.29, 1.82) is 0 Å². The maximum Gasteiger partial charge on any atom is 0.223 e. The van der Waals surface area contributed by atoms with Crippen molar-refractivity contribution in [3.05, 3.63) is 0 Å². The summed E-state index contributed by atoms with van der Waals surface area (Å²) < 4.78 is 0. The minimum Gasteiger partial charge on any atom is -0.353 e. The highest BCUT2D eigenvalue weighted by molar-refractivity contribution is 5.78. The molecule has 1 fully saturated rings. The van der Waals surface area contributed by atoms with Gasteiger partial charge in [0.2, 0.25) is 5.91 Å². The molecule has 0 aliphatic heterocycles. The molecule has 0 radical (unpaired) electrons. The highest BCUT2D eigenvalue weighted by atomic mass is 16.1. The van der Waals surface area contributed by atoms with Gasteiger partial charge in [-0.2, -0.15) is 0 Å². The summed E-state index contributed by atoms with van der Waals surface area (Å²) in [5.74, 6) is 0.588. The Bertz CT molecular complexity index is 187. The van der Waals surface area contributed by atoms with Crippen molar-refractivity contribution in [2.24, 2.45) is 5.92 Å². The zero-order chi connectivity index (χ0) is 11.1. The molecular formula is C13H25NO. The Morgan fingerprint density at radius 3 is 2.47 bits per heavy atom. The largest absolute Gasteiger partial charge is 0.353 e. The van der Waals surface area contributed by atoms with Crippen LogP contribution >= 0.6 is 0 Å². The van der Waals surface area contributed by atoms with E-state index in [2.05, 4.69) is 19.2 Å². The summed E-state index contributed by atoms with van der Waals surface area (Å²) >= 11 is 0. The van der Waals surface area contributed by atoms with Crippen molar-refractivity contribution >= 4 is 5.91 Å². The zero-order valence-electron chi connectivity index (χ0n) is 10.2. The van der Waals surface area contributed by atoms with E-state index in [1.165, 1.54) is 32.1 Å². The lowest BCUT2D eigenvalue weighted by molar-refractivity contribution is -0.126. The zero-order valence-corrected chi connectivity index (χ0v) is 10.2. The van der Waals surface area contributed by atoms with Crippen molar-refractivity contribution in [3.8, 4) is 0 Å². The molecule has 1 saturated carbocycles. The molecule has 1 N–H and O–H groups in total. The number of amides is 1. The van der Waals surface area contributed by atoms with E-state index in [0.717, 1.165) is 19.3 Å². The molecule has 1 aliphatic rings. The van der Waals surface area contributed by atoms with Crippen molar-refractivity contribution < 1.29 is 4.79 Å². The van der Waals surface area contributed by atoms with Gasteiger partial charge in [0.05, 0.1) is 0 Å². The molecule has 0 heterocycles. The molecule has 0 spiro atoms. The van der Waals surface area contributed by atoms with Gasteiger partial charge >= 0.3 is 0 Å². The first kappa shape index (κ1) is 12.5. The number of rotatable bonds is 7. The Hall–Kier alpha value is -0.530. The summed E-state index contributed by atoms with van der Waals surface area (Å²) in [5.41, 5.74) is 0. The Morgan fingerprint density at radius 2 is 2.00 bits per heavy atom. The second-order valence-corrected chi connectivity index (χ2v) is 4.76. The number of carbonyl (C=O) groups excluding carboxylic acids is 1. The van der Waals surface area contributed by atoms with Gasteiger partial charge < -0.3 is 5.32 Å². The molecule has 0 aromatic heterocycles. The lowest BCUT2D eigenvalue weighted by Gasteiger charge is -2.28. The van der Waals surface area contributed by atoms with Crippen molar-refractivity contribution in [2.45, 2.75) is 71.3 Å². The Morgan fingerprint density at radius 1 is 1.27 bits per heavy atom. The van der Waals surface area contributed by atoms with Gasteiger partial charge in [0.1, 0.15) is 0 Å². The van der Waals surface area contributed by atoms with E-state index in [0.29, 0.717) is 11.9 Å². The summed E-state index contributed by atoms with van der Waals surface area (Å²) in [6, 6.07) is 0.499. The predicted molar refractivity (Wildman–Crippen MR) is 63.7 cm³/mol. The van der Waals surface area contributed by atoms with Crippen LogP contribution in [0.15, 0.2) is 0 Å². The normalized spacial score (nSPS) is 18.3. The van der Waals surface area contributed by atoms with Gasteiger partial charge in [-0.05, 0) is 32.1 Å². The standard InChI is InChI=1S/C13H25NO/c1-3-5-8-11(7-4-2)13(15)14-12-9-6-10-12/h11-12H,3-10H2,1-2H3,(H,14,15). The SMILES string of the molecule is CCCCC(CCC)C(=O)NC1CCC1. The van der Waals surface area contributed by atoms with Crippen LogP contribution in [0.1, 0.15) is 65.2 Å². The number of hydrogen-bond donors (Lipinski definition) is 1. The van der Waals surface area contributed by atoms with Crippen LogP contribution in [0.4, 0.5) is 0 Å². The topological polar surface area (TPSA) is 29.1 Å². The van der Waals surface area contributed by atoms with Crippen molar-refractivity contribution in [2.75, 3.05) is 0 Å². The minimum atomic E-state index is 0.274. The molecule has 1 rings (SSSR count). The summed E-state index contributed by atoms with van der Waals surface area (Å²) in [6.45, 7) is 4.35. The maximum absolute atomic E-state index is 11.9. The van der Waals surface area contributed by atoms with Gasteiger partial charge in [0.15, 0.2) is 0 Å². The summed E-state index contributed by atoms with van der Waals surface area (Å²) in [5, 5.41) is 3.17. The maximum atomic E-state index is 11.9. The van der Waals surface area contributed by atoms with Gasteiger partial charge in [0, 0.05) is 12.0 Å². The van der Waals surface area contributed by atoms with Crippen LogP contribution in [-0.4, -0.2) is 11.9 Å². The lowest BCUT2D eigenvalue weighted by atomic mass is 9.90. The third-order valence-electron chi connectivity index (χ3n) is 3.37. The smallest absolute Gasteiger partial charge is 0.223 e. The molecule has 2 heteroatoms. The number of unbranched alkanes of at least 4 members (excludes halogenated alkanes) is 1. The van der Waals surface area contributed by atoms with E-state index >= 15 is 0 Å². The van der Waals surface area contributed by atoms with Crippen LogP contribution in [-0.2, 0) is 4.79 Å². The first-order chi connectivity index (χ1) is 7.27. The highest BCUT2D eigenvalue weighted by Gasteiger charge is 2.23. The Labute approximate surface area is 93.8 Å². The molecule has 0 bridgehead atoms. The molecular weight excluding hydrogens is 186 g/mol. The van der Waals surface area contributed by atoms with Crippen molar-refractivity contribution in [3.63, 3.8) is 0 Å². The molecule has 0 aromatic rings. The van der Waals surface area contributed by atoms with Crippen LogP contribution in [0.5, 0.6) is 0 Å². The van der Waals surface area contributed by atoms with E-state index in [1.54, 1.807) is 0 Å². The van der Waals surface area contributed by atoms with Crippen LogP contribution in [0.3, 0.4) is 0 Å². The second kappa shape index (κ2) is 6.86. The molecule has 15 heavy (non-hydrogen) atoms. The summed E-state index contributed by atoms with van der Waals surface area (Å²) in [6.07, 6.45) is 9.29. The van der Waals surface area contributed by atoms with Crippen LogP contribution in [0.25, 0.3) is 0 Å². The van der Waals surface area contributed by atoms with Gasteiger partial charge in [-0.25, -0.2) is 0 Å². The number of hydrogen-bond acceptors (Lipinski definition) is 1. The van der Waals surface area contributed by atoms with E-state index in [-0.39, 0.29) is 5.92 Å². The average Bonchev–Trinajstić information content (AvgIpc) is 2.18. The Kier molecular flexibility index (Phi) is 5.74. The molecule has 0 saturated heterocycles. The van der Waals surface area contributed by atoms with E-state index < -0.39 is 0 Å². The van der Waals surface area contributed by atoms with Gasteiger partial charge in [-0.3, -0.25) is 4.79 Å². The van der Waals surface area contributed by atoms with E-state index in [1.807, 2.05) is 0 Å². The third kappa shape index (κ3) is 4.23. The van der Waals surface area contributed by atoms with Crippen molar-refractivity contribution in [1.82, 2.24) is 5.32 Å². The monoisotopic (exact) mass is 211 g/mol. The third-order valence-corrected chi connectivity index (χ3v) is 3.37. The van der Waals surface area contributed by atoms with E-state index in [9.17, 15) is 4.79 Å². The molecule has 1 amide bonds. The van der Waals surface area contributed by atoms with Crippen LogP contribution in [0, 0.1) is 5.92 Å². The quantitative estimate of drug-likeness (QED) is 0.688. The fraction of sp³-hybridized carbons (Fsp3) is 0.923. The minimum absolute atomic E-state index is 0.274. The van der Waals surface area contributed by atoms with Crippen LogP contribution < -0.4 is 5.32 Å². The molecule has 1 aliphatic carbocycles. The van der Waals surface area contributed by atoms with Gasteiger partial charge in [0.25, 0.3) is 0 Å². The molecule has 1 atom stereocenters. The summed E-state index contributed by atoms with van der Waals surface area (Å²) in [7, 11) is 0. The van der Waals surface area contributed by atoms with Crippen LogP contribution in [0.2, 0.25) is 0 Å². The summed E-state index contributed by atoms with van der Waals surface area (Å²) in [4.78, 5) is 11.9. The van der Waals surface area contributed by atoms with Gasteiger partial charge in [-0.15, -0.1) is 0 Å².